The Kier molecular flexibility index (Phi) is 9.66. The Bertz CT molecular complexity index is 1690. The molecule has 2 atom stereocenters. The predicted molar refractivity (Wildman–Crippen MR) is 167 cm³/mol. The molecule has 2 heterocycles. The van der Waals surface area contributed by atoms with Crippen LogP contribution in [0.2, 0.25) is 10.0 Å². The van der Waals surface area contributed by atoms with Crippen molar-refractivity contribution in [1.82, 2.24) is 10.2 Å². The van der Waals surface area contributed by atoms with Crippen molar-refractivity contribution < 1.29 is 31.9 Å². The van der Waals surface area contributed by atoms with Crippen molar-refractivity contribution in [2.45, 2.75) is 19.0 Å². The lowest BCUT2D eigenvalue weighted by molar-refractivity contribution is -0.128. The molecule has 0 bridgehead atoms. The second-order valence-electron chi connectivity index (χ2n) is 10.6. The Morgan fingerprint density at radius 3 is 2.50 bits per heavy atom. The number of nitrogens with zero attached hydrogens (tertiary/aromatic N) is 2. The number of amides is 2. The van der Waals surface area contributed by atoms with Crippen molar-refractivity contribution in [2.24, 2.45) is 0 Å². The number of carbonyl (C=O) groups excluding carboxylic acids is 2. The van der Waals surface area contributed by atoms with Gasteiger partial charge in [-0.05, 0) is 42.3 Å². The van der Waals surface area contributed by atoms with E-state index in [4.69, 9.17) is 32.7 Å². The zero-order chi connectivity index (χ0) is 31.6. The molecule has 3 aromatic rings. The van der Waals surface area contributed by atoms with E-state index >= 15 is 4.39 Å². The molecule has 44 heavy (non-hydrogen) atoms. The predicted octanol–water partition coefficient (Wildman–Crippen LogP) is 4.47. The molecule has 0 aromatic heterocycles. The first-order valence-electron chi connectivity index (χ1n) is 13.8. The average Bonchev–Trinajstić information content (AvgIpc) is 2.97. The van der Waals surface area contributed by atoms with Gasteiger partial charge in [0.05, 0.1) is 41.2 Å². The van der Waals surface area contributed by atoms with Gasteiger partial charge in [0, 0.05) is 37.0 Å². The van der Waals surface area contributed by atoms with Crippen LogP contribution in [0.4, 0.5) is 15.8 Å². The maximum Gasteiger partial charge on any atom is 0.265 e. The highest BCUT2D eigenvalue weighted by atomic mass is 35.5. The standard InChI is InChI=1S/C30H31Cl2FN4O6S/c1-18(37-27-14-23(31)24(32)15-28(27)43-17-29(37)38)30(39)34-26(16-36-8-10-42-11-9-36)20-6-7-22(25(33)13-20)19-4-3-5-21(12-19)35-44(2,40)41/h3-7,12-15,18,26,35H,8-11,16-17H2,1-2H3,(H,34,39). The first kappa shape index (κ1) is 32.0. The minimum Gasteiger partial charge on any atom is -0.482 e. The fraction of sp³-hybridized carbons (Fsp3) is 0.333. The summed E-state index contributed by atoms with van der Waals surface area (Å²) in [5.41, 5.74) is 1.90. The van der Waals surface area contributed by atoms with Crippen molar-refractivity contribution in [3.05, 3.63) is 76.0 Å². The summed E-state index contributed by atoms with van der Waals surface area (Å²) in [7, 11) is -3.51. The van der Waals surface area contributed by atoms with Crippen molar-refractivity contribution >= 4 is 56.4 Å². The molecule has 1 fully saturated rings. The van der Waals surface area contributed by atoms with Crippen molar-refractivity contribution in [3.63, 3.8) is 0 Å². The van der Waals surface area contributed by atoms with Crippen LogP contribution in [0.25, 0.3) is 11.1 Å². The second kappa shape index (κ2) is 13.3. The number of anilines is 2. The quantitative estimate of drug-likeness (QED) is 0.347. The van der Waals surface area contributed by atoms with Crippen LogP contribution >= 0.6 is 23.2 Å². The van der Waals surface area contributed by atoms with E-state index in [1.165, 1.54) is 23.1 Å². The van der Waals surface area contributed by atoms with Gasteiger partial charge < -0.3 is 14.8 Å². The van der Waals surface area contributed by atoms with Crippen molar-refractivity contribution in [1.29, 1.82) is 0 Å². The van der Waals surface area contributed by atoms with Gasteiger partial charge in [0.2, 0.25) is 15.9 Å². The molecule has 2 aliphatic heterocycles. The van der Waals surface area contributed by atoms with Crippen molar-refractivity contribution in [3.8, 4) is 16.9 Å². The minimum absolute atomic E-state index is 0.208. The molecule has 0 saturated carbocycles. The van der Waals surface area contributed by atoms with Gasteiger partial charge in [0.1, 0.15) is 17.6 Å². The van der Waals surface area contributed by atoms with Gasteiger partial charge in [0.15, 0.2) is 6.61 Å². The highest BCUT2D eigenvalue weighted by Gasteiger charge is 2.35. The van der Waals surface area contributed by atoms with E-state index in [9.17, 15) is 18.0 Å². The SMILES string of the molecule is CC(C(=O)NC(CN1CCOCC1)c1ccc(-c2cccc(NS(C)(=O)=O)c2)c(F)c1)N1C(=O)COc2cc(Cl)c(Cl)cc21. The topological polar surface area (TPSA) is 117 Å². The third-order valence-corrected chi connectivity index (χ3v) is 8.71. The van der Waals surface area contributed by atoms with E-state index in [2.05, 4.69) is 14.9 Å². The maximum absolute atomic E-state index is 15.6. The lowest BCUT2D eigenvalue weighted by Gasteiger charge is -2.35. The van der Waals surface area contributed by atoms with E-state index in [-0.39, 0.29) is 22.2 Å². The number of carbonyl (C=O) groups is 2. The van der Waals surface area contributed by atoms with Crippen LogP contribution in [0.3, 0.4) is 0 Å². The molecule has 5 rings (SSSR count). The van der Waals surface area contributed by atoms with Gasteiger partial charge in [0.25, 0.3) is 5.91 Å². The van der Waals surface area contributed by atoms with E-state index in [0.717, 1.165) is 6.26 Å². The Labute approximate surface area is 265 Å². The van der Waals surface area contributed by atoms with Gasteiger partial charge in [-0.1, -0.05) is 47.5 Å². The summed E-state index contributed by atoms with van der Waals surface area (Å²) in [5, 5.41) is 3.48. The molecule has 2 aliphatic rings. The van der Waals surface area contributed by atoms with Crippen LogP contribution in [0.5, 0.6) is 5.75 Å². The largest absolute Gasteiger partial charge is 0.482 e. The summed E-state index contributed by atoms with van der Waals surface area (Å²) in [6, 6.07) is 12.5. The zero-order valence-corrected chi connectivity index (χ0v) is 26.3. The first-order valence-corrected chi connectivity index (χ1v) is 16.5. The molecule has 3 aromatic carbocycles. The van der Waals surface area contributed by atoms with Gasteiger partial charge in [-0.15, -0.1) is 0 Å². The average molecular weight is 666 g/mol. The van der Waals surface area contributed by atoms with E-state index in [1.807, 2.05) is 0 Å². The molecule has 2 unspecified atom stereocenters. The summed E-state index contributed by atoms with van der Waals surface area (Å²) < 4.78 is 52.4. The minimum atomic E-state index is -3.51. The molecule has 0 spiro atoms. The molecule has 10 nitrogen and oxygen atoms in total. The van der Waals surface area contributed by atoms with Crippen molar-refractivity contribution in [2.75, 3.05) is 55.3 Å². The number of fused-ring (bicyclic) bond motifs is 1. The molecule has 234 valence electrons. The number of rotatable bonds is 9. The second-order valence-corrected chi connectivity index (χ2v) is 13.2. The number of sulfonamides is 1. The number of morpholine rings is 1. The zero-order valence-electron chi connectivity index (χ0n) is 24.0. The van der Waals surface area contributed by atoms with Gasteiger partial charge in [-0.2, -0.15) is 0 Å². The number of hydrogen-bond acceptors (Lipinski definition) is 7. The number of nitrogens with one attached hydrogen (secondary N) is 2. The summed E-state index contributed by atoms with van der Waals surface area (Å²) in [6.45, 7) is 4.04. The Hall–Kier alpha value is -3.42. The van der Waals surface area contributed by atoms with Crippen LogP contribution in [-0.2, 0) is 24.3 Å². The lowest BCUT2D eigenvalue weighted by atomic mass is 9.98. The Morgan fingerprint density at radius 2 is 1.80 bits per heavy atom. The molecular formula is C30H31Cl2FN4O6S. The van der Waals surface area contributed by atoms with Gasteiger partial charge >= 0.3 is 0 Å². The van der Waals surface area contributed by atoms with E-state index in [0.29, 0.717) is 61.1 Å². The number of halogens is 3. The smallest absolute Gasteiger partial charge is 0.265 e. The molecule has 14 heteroatoms. The summed E-state index contributed by atoms with van der Waals surface area (Å²) in [4.78, 5) is 30.1. The molecule has 0 aliphatic carbocycles. The van der Waals surface area contributed by atoms with Crippen LogP contribution in [0.15, 0.2) is 54.6 Å². The number of ether oxygens (including phenoxy) is 2. The highest BCUT2D eigenvalue weighted by molar-refractivity contribution is 7.92. The monoisotopic (exact) mass is 664 g/mol. The highest BCUT2D eigenvalue weighted by Crippen LogP contribution is 2.40. The Morgan fingerprint density at radius 1 is 1.07 bits per heavy atom. The van der Waals surface area contributed by atoms with Gasteiger partial charge in [-0.25, -0.2) is 12.8 Å². The summed E-state index contributed by atoms with van der Waals surface area (Å²) in [5.74, 6) is -1.10. The molecule has 0 radical (unpaired) electrons. The first-order chi connectivity index (χ1) is 20.9. The van der Waals surface area contributed by atoms with E-state index < -0.39 is 39.7 Å². The lowest BCUT2D eigenvalue weighted by Crippen LogP contribution is -2.53. The molecule has 2 N–H and O–H groups in total. The van der Waals surface area contributed by atoms with Crippen LogP contribution in [0.1, 0.15) is 18.5 Å². The van der Waals surface area contributed by atoms with E-state index in [1.54, 1.807) is 43.3 Å². The molecule has 2 amide bonds. The summed E-state index contributed by atoms with van der Waals surface area (Å²) >= 11 is 12.3. The summed E-state index contributed by atoms with van der Waals surface area (Å²) in [6.07, 6.45) is 1.04. The fourth-order valence-electron chi connectivity index (χ4n) is 5.22. The third-order valence-electron chi connectivity index (χ3n) is 7.38. The van der Waals surface area contributed by atoms with Crippen LogP contribution in [-0.4, -0.2) is 76.9 Å². The Balaban J connectivity index is 1.42. The van der Waals surface area contributed by atoms with Crippen LogP contribution < -0.4 is 19.7 Å². The normalized spacial score (nSPS) is 16.9. The number of hydrogen-bond donors (Lipinski definition) is 2. The molecular weight excluding hydrogens is 634 g/mol. The number of benzene rings is 3. The maximum atomic E-state index is 15.6. The molecule has 1 saturated heterocycles. The van der Waals surface area contributed by atoms with Crippen LogP contribution in [0, 0.1) is 5.82 Å². The third kappa shape index (κ3) is 7.44. The fourth-order valence-corrected chi connectivity index (χ4v) is 6.09. The van der Waals surface area contributed by atoms with Gasteiger partial charge in [-0.3, -0.25) is 24.1 Å².